The maximum Gasteiger partial charge on any atom is 0.410 e. The first-order valence-electron chi connectivity index (χ1n) is 41.2. The Labute approximate surface area is 684 Å². The lowest BCUT2D eigenvalue weighted by molar-refractivity contribution is 0.0138. The number of nitrogens with zero attached hydrogens (tertiary/aromatic N) is 11. The number of anilines is 2. The predicted octanol–water partition coefficient (Wildman–Crippen LogP) is 13.7. The lowest BCUT2D eigenvalue weighted by Gasteiger charge is -2.35. The van der Waals surface area contributed by atoms with Crippen molar-refractivity contribution < 1.29 is 47.0 Å². The first-order valence-corrected chi connectivity index (χ1v) is 41.2. The Morgan fingerprint density at radius 2 is 0.940 bits per heavy atom. The van der Waals surface area contributed by atoms with Gasteiger partial charge in [-0.05, 0) is 179 Å². The maximum atomic E-state index is 15.3. The van der Waals surface area contributed by atoms with E-state index in [1.165, 1.54) is 12.1 Å². The number of benzene rings is 6. The van der Waals surface area contributed by atoms with E-state index >= 15 is 8.78 Å². The fourth-order valence-corrected chi connectivity index (χ4v) is 15.7. The van der Waals surface area contributed by atoms with Crippen molar-refractivity contribution in [3.63, 3.8) is 0 Å². The number of hydrogen-bond acceptors (Lipinski definition) is 17. The number of aryl methyl sites for hydroxylation is 4. The monoisotopic (exact) mass is 1590 g/mol. The van der Waals surface area contributed by atoms with Crippen LogP contribution in [-0.2, 0) is 79.4 Å². The largest absolute Gasteiger partial charge is 0.444 e. The van der Waals surface area contributed by atoms with E-state index in [0.29, 0.717) is 132 Å². The average Bonchev–Trinajstić information content (AvgIpc) is 1.70. The molecule has 8 heterocycles. The number of pyridine rings is 2. The molecular weight excluding hydrogens is 1480 g/mol. The van der Waals surface area contributed by atoms with Crippen molar-refractivity contribution in [1.82, 2.24) is 70.0 Å². The molecule has 24 nitrogen and oxygen atoms in total. The molecule has 117 heavy (non-hydrogen) atoms. The van der Waals surface area contributed by atoms with Crippen LogP contribution in [0.15, 0.2) is 146 Å². The summed E-state index contributed by atoms with van der Waals surface area (Å²) in [7, 11) is 3.54. The van der Waals surface area contributed by atoms with Crippen LogP contribution in [0.4, 0.5) is 25.0 Å². The molecular formula is C91H110F2N16O8. The highest BCUT2D eigenvalue weighted by molar-refractivity contribution is 6.01. The average molecular weight is 1590 g/mol. The minimum atomic E-state index is -0.539. The summed E-state index contributed by atoms with van der Waals surface area (Å²) in [4.78, 5) is 87.2. The van der Waals surface area contributed by atoms with Gasteiger partial charge in [-0.15, -0.1) is 0 Å². The van der Waals surface area contributed by atoms with Gasteiger partial charge in [-0.1, -0.05) is 74.5 Å². The zero-order chi connectivity index (χ0) is 82.3. The number of ether oxygens (including phenoxy) is 3. The Kier molecular flexibility index (Phi) is 27.8. The van der Waals surface area contributed by atoms with E-state index in [9.17, 15) is 24.0 Å². The van der Waals surface area contributed by atoms with Gasteiger partial charge in [-0.2, -0.15) is 10.2 Å². The fraction of sp³-hybridized carbons (Fsp3) is 0.418. The number of hydrogen-bond donors (Lipinski definition) is 5. The third kappa shape index (κ3) is 21.0. The van der Waals surface area contributed by atoms with Crippen LogP contribution in [0.3, 0.4) is 0 Å². The van der Waals surface area contributed by atoms with Crippen LogP contribution in [0.5, 0.6) is 0 Å². The second-order valence-electron chi connectivity index (χ2n) is 31.6. The molecule has 616 valence electrons. The molecule has 0 spiro atoms. The van der Waals surface area contributed by atoms with Gasteiger partial charge in [0, 0.05) is 213 Å². The van der Waals surface area contributed by atoms with Crippen LogP contribution in [0.25, 0.3) is 44.3 Å². The highest BCUT2D eigenvalue weighted by atomic mass is 19.1. The van der Waals surface area contributed by atoms with Gasteiger partial charge in [0.2, 0.25) is 0 Å². The normalized spacial score (nSPS) is 15.2. The molecule has 26 heteroatoms. The van der Waals surface area contributed by atoms with Gasteiger partial charge in [0.05, 0.1) is 34.5 Å². The van der Waals surface area contributed by atoms with Crippen molar-refractivity contribution in [3.8, 4) is 22.3 Å². The van der Waals surface area contributed by atoms with Gasteiger partial charge in [0.15, 0.2) is 11.3 Å². The van der Waals surface area contributed by atoms with Crippen molar-refractivity contribution in [2.24, 2.45) is 0 Å². The summed E-state index contributed by atoms with van der Waals surface area (Å²) in [6.07, 6.45) is 8.34. The number of carbonyl (C=O) groups excluding carboxylic acids is 5. The quantitative estimate of drug-likeness (QED) is 0.0338. The zero-order valence-corrected chi connectivity index (χ0v) is 68.8. The molecule has 5 N–H and O–H groups in total. The van der Waals surface area contributed by atoms with Crippen LogP contribution in [0, 0.1) is 11.6 Å². The molecule has 0 bridgehead atoms. The lowest BCUT2D eigenvalue weighted by Crippen LogP contribution is -2.49. The second kappa shape index (κ2) is 38.8. The summed E-state index contributed by atoms with van der Waals surface area (Å²) in [5.74, 6) is -1.77. The summed E-state index contributed by atoms with van der Waals surface area (Å²) < 4.78 is 51.0. The van der Waals surface area contributed by atoms with E-state index in [1.54, 1.807) is 102 Å². The van der Waals surface area contributed by atoms with Gasteiger partial charge in [0.1, 0.15) is 17.2 Å². The SMILES string of the molecule is CCc1nc2c(cnn2CC)c(NC2CCOCC2)c1CN(C)C(=O)c1cccc(C(=O)NCc2ccc(F)c(-c3cccc(CN4CCN(C(=O)OC(C)(C)C)CC4)c3)c2)c1.CCc1nc2c(cnn2CC)c(NC2CCOCC2)c1CN(C)C(=O)c1cccc(C(=O)NCc2ccc(F)c(-c3cccc(CN4CCNCC4)c3)c2)c1. The van der Waals surface area contributed by atoms with Gasteiger partial charge in [-0.25, -0.2) is 32.9 Å². The Morgan fingerprint density at radius 3 is 1.36 bits per heavy atom. The van der Waals surface area contributed by atoms with E-state index in [0.717, 1.165) is 148 Å². The topological polar surface area (TPSA) is 251 Å². The predicted molar refractivity (Wildman–Crippen MR) is 452 cm³/mol. The molecule has 0 unspecified atom stereocenters. The number of piperazine rings is 2. The van der Waals surface area contributed by atoms with Crippen molar-refractivity contribution in [2.75, 3.05) is 104 Å². The summed E-state index contributed by atoms with van der Waals surface area (Å²) in [5.41, 5.74) is 14.4. The Hall–Kier alpha value is -11.0. The third-order valence-electron chi connectivity index (χ3n) is 22.1. The van der Waals surface area contributed by atoms with E-state index in [2.05, 4.69) is 73.4 Å². The van der Waals surface area contributed by atoms with Gasteiger partial charge in [-0.3, -0.25) is 29.0 Å². The number of nitrogens with one attached hydrogen (secondary N) is 5. The van der Waals surface area contributed by atoms with E-state index < -0.39 is 5.60 Å². The van der Waals surface area contributed by atoms with E-state index in [-0.39, 0.29) is 66.5 Å². The van der Waals surface area contributed by atoms with E-state index in [1.807, 2.05) is 91.9 Å². The molecule has 4 aliphatic heterocycles. The molecule has 0 saturated carbocycles. The Balaban J connectivity index is 0.000000205. The van der Waals surface area contributed by atoms with Crippen molar-refractivity contribution in [3.05, 3.63) is 225 Å². The minimum absolute atomic E-state index is 0.165. The molecule has 4 aromatic heterocycles. The second-order valence-corrected chi connectivity index (χ2v) is 31.6. The molecule has 0 atom stereocenters. The standard InChI is InChI=1S/C48H59FN8O5.C43H51FN8O3/c1-7-42-40(43(52-37-17-23-61-24-18-37)39-29-51-57(8-2)44(39)53-42)31-54(6)46(59)36-14-10-13-35(27-36)45(58)50-28-32-15-16-41(49)38(26-32)34-12-9-11-33(25-34)30-55-19-21-56(22-20-55)47(60)62-48(3,4)5;1-4-39-37(40(48-34-14-20-55-21-15-34)36-26-47-52(5-2)41(36)49-39)28-50(3)43(54)33-11-7-10-32(24-33)42(53)46-25-29-12-13-38(44)35(23-29)31-9-6-8-30(22-31)27-51-18-16-45-17-19-51/h9-16,25-27,29,37H,7-8,17-24,28,30-31H2,1-6H3,(H,50,58)(H,52,53);6-13,22-24,26,34,45H,4-5,14-21,25,27-28H2,1-3H3,(H,46,53)(H,48,49). The lowest BCUT2D eigenvalue weighted by atomic mass is 10.00. The Bertz CT molecular complexity index is 5170. The molecule has 4 fully saturated rings. The first kappa shape index (κ1) is 83.9. The molecule has 4 aliphatic rings. The number of rotatable bonds is 26. The molecule has 5 amide bonds. The number of carbonyl (C=O) groups is 5. The molecule has 0 radical (unpaired) electrons. The van der Waals surface area contributed by atoms with Crippen molar-refractivity contribution in [1.29, 1.82) is 0 Å². The molecule has 10 aromatic rings. The minimum Gasteiger partial charge on any atom is -0.444 e. The van der Waals surface area contributed by atoms with Gasteiger partial charge >= 0.3 is 6.09 Å². The molecule has 4 saturated heterocycles. The van der Waals surface area contributed by atoms with Crippen LogP contribution >= 0.6 is 0 Å². The van der Waals surface area contributed by atoms with Crippen molar-refractivity contribution in [2.45, 2.75) is 157 Å². The highest BCUT2D eigenvalue weighted by Gasteiger charge is 2.30. The third-order valence-corrected chi connectivity index (χ3v) is 22.1. The summed E-state index contributed by atoms with van der Waals surface area (Å²) in [5, 5.41) is 27.9. The molecule has 0 aliphatic carbocycles. The molecule has 14 rings (SSSR count). The van der Waals surface area contributed by atoms with Crippen LogP contribution < -0.4 is 26.6 Å². The van der Waals surface area contributed by atoms with E-state index in [4.69, 9.17) is 24.2 Å². The fourth-order valence-electron chi connectivity index (χ4n) is 15.7. The summed E-state index contributed by atoms with van der Waals surface area (Å²) in [6, 6.07) is 39.6. The maximum absolute atomic E-state index is 15.3. The summed E-state index contributed by atoms with van der Waals surface area (Å²) >= 11 is 0. The van der Waals surface area contributed by atoms with Crippen LogP contribution in [-0.4, -0.2) is 194 Å². The smallest absolute Gasteiger partial charge is 0.410 e. The van der Waals surface area contributed by atoms with Gasteiger partial charge in [0.25, 0.3) is 23.6 Å². The highest BCUT2D eigenvalue weighted by Crippen LogP contribution is 2.36. The molecule has 6 aromatic carbocycles. The number of halogens is 2. The zero-order valence-electron chi connectivity index (χ0n) is 68.8. The van der Waals surface area contributed by atoms with Gasteiger partial charge < -0.3 is 55.5 Å². The van der Waals surface area contributed by atoms with Crippen molar-refractivity contribution >= 4 is 63.2 Å². The number of amides is 5. The summed E-state index contributed by atoms with van der Waals surface area (Å²) in [6.45, 7) is 27.0. The number of fused-ring (bicyclic) bond motifs is 2. The van der Waals surface area contributed by atoms with Crippen LogP contribution in [0.1, 0.15) is 160 Å². The Morgan fingerprint density at radius 1 is 0.521 bits per heavy atom. The first-order chi connectivity index (χ1) is 56.6. The van der Waals surface area contributed by atoms with Crippen LogP contribution in [0.2, 0.25) is 0 Å². The number of aromatic nitrogens is 6.